The van der Waals surface area contributed by atoms with Crippen LogP contribution in [0.15, 0.2) is 59.1 Å². The predicted octanol–water partition coefficient (Wildman–Crippen LogP) is 3.74. The lowest BCUT2D eigenvalue weighted by atomic mass is 10.1. The van der Waals surface area contributed by atoms with Gasteiger partial charge >= 0.3 is 0 Å². The normalized spacial score (nSPS) is 10.4. The Hall–Kier alpha value is -2.99. The summed E-state index contributed by atoms with van der Waals surface area (Å²) in [5.74, 6) is 1.55. The molecule has 0 spiro atoms. The van der Waals surface area contributed by atoms with E-state index in [-0.39, 0.29) is 12.5 Å². The molecule has 0 aliphatic rings. The molecule has 1 N–H and O–H groups in total. The largest absolute Gasteiger partial charge is 0.493 e. The van der Waals surface area contributed by atoms with Gasteiger partial charge in [0.1, 0.15) is 0 Å². The lowest BCUT2D eigenvalue weighted by Crippen LogP contribution is -2.30. The lowest BCUT2D eigenvalue weighted by molar-refractivity contribution is -0.123. The molecule has 1 amide bonds. The number of ether oxygens (including phenoxy) is 2. The van der Waals surface area contributed by atoms with E-state index in [0.29, 0.717) is 35.2 Å². The molecular weight excluding hydrogens is 368 g/mol. The van der Waals surface area contributed by atoms with Crippen LogP contribution in [0.5, 0.6) is 11.5 Å². The minimum Gasteiger partial charge on any atom is -0.493 e. The third-order valence-corrected chi connectivity index (χ3v) is 4.07. The first-order valence-electron chi connectivity index (χ1n) is 8.40. The molecule has 0 unspecified atom stereocenters. The molecule has 0 bridgehead atoms. The van der Waals surface area contributed by atoms with E-state index in [1.807, 2.05) is 30.3 Å². The number of hydrogen-bond donors (Lipinski definition) is 1. The van der Waals surface area contributed by atoms with Crippen LogP contribution in [0, 0.1) is 0 Å². The highest BCUT2D eigenvalue weighted by Crippen LogP contribution is 2.25. The third-order valence-electron chi connectivity index (χ3n) is 3.82. The summed E-state index contributed by atoms with van der Waals surface area (Å²) in [6, 6.07) is 16.3. The number of rotatable bonds is 8. The second-order valence-corrected chi connectivity index (χ2v) is 6.17. The molecule has 0 saturated carbocycles. The first kappa shape index (κ1) is 18.8. The van der Waals surface area contributed by atoms with Gasteiger partial charge in [0, 0.05) is 29.6 Å². The highest BCUT2D eigenvalue weighted by molar-refractivity contribution is 6.30. The number of amides is 1. The van der Waals surface area contributed by atoms with E-state index in [9.17, 15) is 4.79 Å². The zero-order chi connectivity index (χ0) is 19.1. The van der Waals surface area contributed by atoms with Gasteiger partial charge in [-0.3, -0.25) is 4.79 Å². The number of aromatic nitrogens is 1. The van der Waals surface area contributed by atoms with Gasteiger partial charge in [-0.2, -0.15) is 0 Å². The van der Waals surface area contributed by atoms with Crippen molar-refractivity contribution in [2.24, 2.45) is 0 Å². The number of halogens is 1. The van der Waals surface area contributed by atoms with E-state index in [1.165, 1.54) is 0 Å². The van der Waals surface area contributed by atoms with Gasteiger partial charge in [-0.05, 0) is 36.4 Å². The summed E-state index contributed by atoms with van der Waals surface area (Å²) >= 11 is 5.88. The van der Waals surface area contributed by atoms with Crippen LogP contribution < -0.4 is 14.8 Å². The van der Waals surface area contributed by atoms with Crippen molar-refractivity contribution in [2.45, 2.75) is 6.42 Å². The predicted molar refractivity (Wildman–Crippen MR) is 102 cm³/mol. The van der Waals surface area contributed by atoms with Crippen LogP contribution in [0.4, 0.5) is 0 Å². The van der Waals surface area contributed by atoms with E-state index in [4.69, 9.17) is 25.6 Å². The summed E-state index contributed by atoms with van der Waals surface area (Å²) in [4.78, 5) is 11.9. The number of hydrogen-bond acceptors (Lipinski definition) is 5. The van der Waals surface area contributed by atoms with Gasteiger partial charge in [0.25, 0.3) is 5.91 Å². The van der Waals surface area contributed by atoms with Crippen molar-refractivity contribution in [3.05, 3.63) is 65.3 Å². The molecule has 1 aromatic heterocycles. The summed E-state index contributed by atoms with van der Waals surface area (Å²) in [5, 5.41) is 7.48. The molecule has 7 heteroatoms. The van der Waals surface area contributed by atoms with Crippen LogP contribution in [0.3, 0.4) is 0 Å². The molecule has 3 rings (SSSR count). The Morgan fingerprint density at radius 2 is 1.89 bits per heavy atom. The lowest BCUT2D eigenvalue weighted by Gasteiger charge is -2.10. The molecule has 1 heterocycles. The van der Waals surface area contributed by atoms with Gasteiger partial charge in [0.2, 0.25) is 0 Å². The minimum atomic E-state index is -0.220. The topological polar surface area (TPSA) is 73.6 Å². The van der Waals surface area contributed by atoms with Crippen LogP contribution in [0.1, 0.15) is 5.69 Å². The minimum absolute atomic E-state index is 0.0881. The number of nitrogens with one attached hydrogen (secondary N) is 1. The molecule has 140 valence electrons. The molecule has 0 atom stereocenters. The number of carbonyl (C=O) groups excluding carboxylic acids is 1. The Balaban J connectivity index is 1.44. The standard InChI is InChI=1S/C20H19ClN2O4/c1-25-17-4-2-3-5-18(17)26-13-20(24)22-11-10-16-12-19(27-23-16)14-6-8-15(21)9-7-14/h2-9,12H,10-11,13H2,1H3,(H,22,24). The summed E-state index contributed by atoms with van der Waals surface area (Å²) in [6.07, 6.45) is 0.553. The van der Waals surface area contributed by atoms with Crippen molar-refractivity contribution < 1.29 is 18.8 Å². The summed E-state index contributed by atoms with van der Waals surface area (Å²) in [6.45, 7) is 0.343. The maximum absolute atomic E-state index is 11.9. The van der Waals surface area contributed by atoms with E-state index in [2.05, 4.69) is 10.5 Å². The second-order valence-electron chi connectivity index (χ2n) is 5.73. The van der Waals surface area contributed by atoms with E-state index in [1.54, 1.807) is 31.4 Å². The Morgan fingerprint density at radius 1 is 1.15 bits per heavy atom. The van der Waals surface area contributed by atoms with Crippen molar-refractivity contribution in [3.63, 3.8) is 0 Å². The smallest absolute Gasteiger partial charge is 0.257 e. The molecule has 0 saturated heterocycles. The maximum Gasteiger partial charge on any atom is 0.257 e. The SMILES string of the molecule is COc1ccccc1OCC(=O)NCCc1cc(-c2ccc(Cl)cc2)on1. The summed E-state index contributed by atoms with van der Waals surface area (Å²) in [7, 11) is 1.55. The van der Waals surface area contributed by atoms with Gasteiger partial charge in [-0.15, -0.1) is 0 Å². The van der Waals surface area contributed by atoms with E-state index >= 15 is 0 Å². The van der Waals surface area contributed by atoms with Gasteiger partial charge < -0.3 is 19.3 Å². The number of carbonyl (C=O) groups is 1. The van der Waals surface area contributed by atoms with Crippen molar-refractivity contribution >= 4 is 17.5 Å². The molecule has 0 radical (unpaired) electrons. The van der Waals surface area contributed by atoms with E-state index < -0.39 is 0 Å². The van der Waals surface area contributed by atoms with Crippen molar-refractivity contribution in [2.75, 3.05) is 20.3 Å². The molecule has 0 aliphatic carbocycles. The van der Waals surface area contributed by atoms with Crippen LogP contribution in [-0.4, -0.2) is 31.3 Å². The average molecular weight is 387 g/mol. The van der Waals surface area contributed by atoms with Gasteiger partial charge in [0.05, 0.1) is 12.8 Å². The maximum atomic E-state index is 11.9. The zero-order valence-electron chi connectivity index (χ0n) is 14.8. The monoisotopic (exact) mass is 386 g/mol. The fourth-order valence-electron chi connectivity index (χ4n) is 2.44. The fourth-order valence-corrected chi connectivity index (χ4v) is 2.57. The number of nitrogens with zero attached hydrogens (tertiary/aromatic N) is 1. The highest BCUT2D eigenvalue weighted by atomic mass is 35.5. The molecule has 2 aromatic carbocycles. The average Bonchev–Trinajstić information content (AvgIpc) is 3.16. The second kappa shape index (κ2) is 9.09. The van der Waals surface area contributed by atoms with Crippen LogP contribution >= 0.6 is 11.6 Å². The molecular formula is C20H19ClN2O4. The molecule has 6 nitrogen and oxygen atoms in total. The van der Waals surface area contributed by atoms with Crippen molar-refractivity contribution in [1.82, 2.24) is 10.5 Å². The number of para-hydroxylation sites is 2. The summed E-state index contributed by atoms with van der Waals surface area (Å²) < 4.78 is 16.0. The van der Waals surface area contributed by atoms with Crippen molar-refractivity contribution in [3.8, 4) is 22.8 Å². The Kier molecular flexibility index (Phi) is 6.33. The quantitative estimate of drug-likeness (QED) is 0.638. The van der Waals surface area contributed by atoms with E-state index in [0.717, 1.165) is 11.3 Å². The first-order valence-corrected chi connectivity index (χ1v) is 8.77. The first-order chi connectivity index (χ1) is 13.2. The molecule has 0 fully saturated rings. The van der Waals surface area contributed by atoms with Crippen LogP contribution in [0.25, 0.3) is 11.3 Å². The van der Waals surface area contributed by atoms with Gasteiger partial charge in [-0.25, -0.2) is 0 Å². The van der Waals surface area contributed by atoms with Gasteiger partial charge in [-0.1, -0.05) is 28.9 Å². The van der Waals surface area contributed by atoms with Crippen LogP contribution in [-0.2, 0) is 11.2 Å². The third kappa shape index (κ3) is 5.24. The number of benzene rings is 2. The molecule has 27 heavy (non-hydrogen) atoms. The van der Waals surface area contributed by atoms with Crippen LogP contribution in [0.2, 0.25) is 5.02 Å². The molecule has 3 aromatic rings. The highest BCUT2D eigenvalue weighted by Gasteiger charge is 2.09. The Bertz CT molecular complexity index is 893. The summed E-state index contributed by atoms with van der Waals surface area (Å²) in [5.41, 5.74) is 1.65. The Labute approximate surface area is 162 Å². The Morgan fingerprint density at radius 3 is 2.63 bits per heavy atom. The number of methoxy groups -OCH3 is 1. The fraction of sp³-hybridized carbons (Fsp3) is 0.200. The van der Waals surface area contributed by atoms with Gasteiger partial charge in [0.15, 0.2) is 23.9 Å². The zero-order valence-corrected chi connectivity index (χ0v) is 15.5. The van der Waals surface area contributed by atoms with Crippen molar-refractivity contribution in [1.29, 1.82) is 0 Å². The molecule has 0 aliphatic heterocycles.